The van der Waals surface area contributed by atoms with Gasteiger partial charge in [0.1, 0.15) is 5.75 Å². The summed E-state index contributed by atoms with van der Waals surface area (Å²) >= 11 is 0. The van der Waals surface area contributed by atoms with Crippen molar-refractivity contribution in [1.29, 1.82) is 0 Å². The van der Waals surface area contributed by atoms with Gasteiger partial charge >= 0.3 is 0 Å². The number of fused-ring (bicyclic) bond motifs is 3. The highest BCUT2D eigenvalue weighted by molar-refractivity contribution is 6.05. The van der Waals surface area contributed by atoms with Gasteiger partial charge in [-0.05, 0) is 67.6 Å². The maximum absolute atomic E-state index is 12.8. The topological polar surface area (TPSA) is 50.4 Å². The van der Waals surface area contributed by atoms with Crippen LogP contribution in [0, 0.1) is 12.8 Å². The van der Waals surface area contributed by atoms with Crippen molar-refractivity contribution in [3.8, 4) is 5.75 Å². The zero-order valence-corrected chi connectivity index (χ0v) is 18.5. The molecule has 1 heterocycles. The number of nitrogens with one attached hydrogen (secondary N) is 2. The standard InChI is InChI=1S/C28H28N2O2/c1-3-32-26-14-7-6-11-23(26)27-22-13-8-12-21(22)24-17-19(15-16-25(24)30-27)29-28(31)20-10-5-4-9-18(20)2/h4-12,14-17,21-22,27,30H,3,13H2,1-2H3,(H,29,31). The van der Waals surface area contributed by atoms with E-state index < -0.39 is 0 Å². The minimum Gasteiger partial charge on any atom is -0.494 e. The van der Waals surface area contributed by atoms with Gasteiger partial charge in [-0.15, -0.1) is 0 Å². The van der Waals surface area contributed by atoms with Crippen LogP contribution in [0.25, 0.3) is 0 Å². The SMILES string of the molecule is CCOc1ccccc1C1Nc2ccc(NC(=O)c3ccccc3C)cc2C2C=CCC21. The largest absolute Gasteiger partial charge is 0.494 e. The lowest BCUT2D eigenvalue weighted by molar-refractivity contribution is 0.102. The Bertz CT molecular complexity index is 1180. The molecule has 0 radical (unpaired) electrons. The minimum absolute atomic E-state index is 0.0751. The van der Waals surface area contributed by atoms with Crippen molar-refractivity contribution >= 4 is 17.3 Å². The number of rotatable bonds is 5. The summed E-state index contributed by atoms with van der Waals surface area (Å²) < 4.78 is 5.93. The third kappa shape index (κ3) is 3.66. The summed E-state index contributed by atoms with van der Waals surface area (Å²) in [5.74, 6) is 1.59. The van der Waals surface area contributed by atoms with Gasteiger partial charge in [-0.2, -0.15) is 0 Å². The van der Waals surface area contributed by atoms with Gasteiger partial charge in [0.25, 0.3) is 5.91 Å². The summed E-state index contributed by atoms with van der Waals surface area (Å²) in [5, 5.41) is 6.86. The molecule has 0 bridgehead atoms. The summed E-state index contributed by atoms with van der Waals surface area (Å²) in [4.78, 5) is 12.8. The van der Waals surface area contributed by atoms with Gasteiger partial charge in [-0.1, -0.05) is 48.6 Å². The number of para-hydroxylation sites is 1. The van der Waals surface area contributed by atoms with Crippen LogP contribution in [-0.2, 0) is 0 Å². The van der Waals surface area contributed by atoms with Crippen LogP contribution in [0.1, 0.15) is 52.4 Å². The highest BCUT2D eigenvalue weighted by Gasteiger charge is 2.39. The zero-order valence-electron chi connectivity index (χ0n) is 18.5. The minimum atomic E-state index is -0.0751. The van der Waals surface area contributed by atoms with Crippen LogP contribution >= 0.6 is 0 Å². The molecule has 1 aliphatic carbocycles. The number of benzene rings is 3. The summed E-state index contributed by atoms with van der Waals surface area (Å²) in [6.07, 6.45) is 5.61. The average Bonchev–Trinajstić information content (AvgIpc) is 3.30. The van der Waals surface area contributed by atoms with Crippen LogP contribution < -0.4 is 15.4 Å². The molecule has 2 N–H and O–H groups in total. The van der Waals surface area contributed by atoms with E-state index in [0.29, 0.717) is 24.0 Å². The van der Waals surface area contributed by atoms with Crippen LogP contribution in [0.3, 0.4) is 0 Å². The molecule has 0 fully saturated rings. The molecule has 3 unspecified atom stereocenters. The first kappa shape index (κ1) is 20.4. The van der Waals surface area contributed by atoms with Gasteiger partial charge in [-0.25, -0.2) is 0 Å². The van der Waals surface area contributed by atoms with Crippen LogP contribution in [0.2, 0.25) is 0 Å². The van der Waals surface area contributed by atoms with Crippen molar-refractivity contribution in [2.75, 3.05) is 17.2 Å². The molecule has 3 aromatic rings. The molecule has 4 heteroatoms. The Hall–Kier alpha value is -3.53. The van der Waals surface area contributed by atoms with E-state index in [9.17, 15) is 4.79 Å². The Balaban J connectivity index is 1.45. The van der Waals surface area contributed by atoms with E-state index in [0.717, 1.165) is 29.1 Å². The number of ether oxygens (including phenoxy) is 1. The molecular weight excluding hydrogens is 396 g/mol. The van der Waals surface area contributed by atoms with Gasteiger partial charge in [-0.3, -0.25) is 4.79 Å². The molecule has 162 valence electrons. The Morgan fingerprint density at radius 3 is 2.72 bits per heavy atom. The van der Waals surface area contributed by atoms with Crippen molar-refractivity contribution in [2.45, 2.75) is 32.2 Å². The van der Waals surface area contributed by atoms with Gasteiger partial charge < -0.3 is 15.4 Å². The van der Waals surface area contributed by atoms with Crippen LogP contribution in [0.5, 0.6) is 5.75 Å². The molecule has 5 rings (SSSR count). The van der Waals surface area contributed by atoms with E-state index in [1.165, 1.54) is 11.1 Å². The molecule has 2 aliphatic rings. The molecule has 0 saturated heterocycles. The van der Waals surface area contributed by atoms with Gasteiger partial charge in [0.05, 0.1) is 12.6 Å². The van der Waals surface area contributed by atoms with E-state index in [2.05, 4.69) is 53.1 Å². The fourth-order valence-corrected chi connectivity index (χ4v) is 5.03. The summed E-state index contributed by atoms with van der Waals surface area (Å²) in [5.41, 5.74) is 6.05. The van der Waals surface area contributed by atoms with E-state index in [4.69, 9.17) is 4.74 Å². The number of amides is 1. The highest BCUT2D eigenvalue weighted by atomic mass is 16.5. The molecule has 0 aromatic heterocycles. The van der Waals surface area contributed by atoms with Crippen LogP contribution in [0.4, 0.5) is 11.4 Å². The lowest BCUT2D eigenvalue weighted by Crippen LogP contribution is -2.29. The normalized spacial score (nSPS) is 20.8. The van der Waals surface area contributed by atoms with Crippen molar-refractivity contribution < 1.29 is 9.53 Å². The second-order valence-corrected chi connectivity index (χ2v) is 8.52. The number of hydrogen-bond acceptors (Lipinski definition) is 3. The number of anilines is 2. The molecule has 0 saturated carbocycles. The summed E-state index contributed by atoms with van der Waals surface area (Å²) in [7, 11) is 0. The monoisotopic (exact) mass is 424 g/mol. The molecule has 4 nitrogen and oxygen atoms in total. The third-order valence-electron chi connectivity index (χ3n) is 6.56. The Morgan fingerprint density at radius 1 is 1.06 bits per heavy atom. The zero-order chi connectivity index (χ0) is 22.1. The van der Waals surface area contributed by atoms with Crippen LogP contribution in [-0.4, -0.2) is 12.5 Å². The van der Waals surface area contributed by atoms with Crippen molar-refractivity contribution in [2.24, 2.45) is 5.92 Å². The van der Waals surface area contributed by atoms with Gasteiger partial charge in [0.15, 0.2) is 0 Å². The highest BCUT2D eigenvalue weighted by Crippen LogP contribution is 2.51. The summed E-state index contributed by atoms with van der Waals surface area (Å²) in [6.45, 7) is 4.63. The molecule has 1 aliphatic heterocycles. The fraction of sp³-hybridized carbons (Fsp3) is 0.250. The molecule has 0 spiro atoms. The summed E-state index contributed by atoms with van der Waals surface area (Å²) in [6, 6.07) is 22.4. The molecule has 32 heavy (non-hydrogen) atoms. The molecule has 3 aromatic carbocycles. The second-order valence-electron chi connectivity index (χ2n) is 8.52. The molecule has 1 amide bonds. The predicted octanol–water partition coefficient (Wildman–Crippen LogP) is 6.47. The van der Waals surface area contributed by atoms with Crippen molar-refractivity contribution in [3.05, 3.63) is 101 Å². The number of hydrogen-bond donors (Lipinski definition) is 2. The fourth-order valence-electron chi connectivity index (χ4n) is 5.03. The van der Waals surface area contributed by atoms with Crippen molar-refractivity contribution in [3.63, 3.8) is 0 Å². The number of carbonyl (C=O) groups excluding carboxylic acids is 1. The maximum Gasteiger partial charge on any atom is 0.255 e. The van der Waals surface area contributed by atoms with E-state index in [-0.39, 0.29) is 11.9 Å². The van der Waals surface area contributed by atoms with E-state index in [1.54, 1.807) is 0 Å². The Labute approximate surface area is 189 Å². The van der Waals surface area contributed by atoms with E-state index in [1.807, 2.05) is 50.2 Å². The maximum atomic E-state index is 12.8. The van der Waals surface area contributed by atoms with Gasteiger partial charge in [0.2, 0.25) is 0 Å². The Morgan fingerprint density at radius 2 is 1.88 bits per heavy atom. The van der Waals surface area contributed by atoms with E-state index >= 15 is 0 Å². The third-order valence-corrected chi connectivity index (χ3v) is 6.56. The molecular formula is C28H28N2O2. The Kier molecular flexibility index (Phi) is 5.44. The van der Waals surface area contributed by atoms with Crippen LogP contribution in [0.15, 0.2) is 78.9 Å². The van der Waals surface area contributed by atoms with Crippen molar-refractivity contribution in [1.82, 2.24) is 0 Å². The predicted molar refractivity (Wildman–Crippen MR) is 130 cm³/mol. The van der Waals surface area contributed by atoms with Gasteiger partial charge in [0, 0.05) is 28.4 Å². The second kappa shape index (κ2) is 8.54. The average molecular weight is 425 g/mol. The quantitative estimate of drug-likeness (QED) is 0.461. The lowest BCUT2D eigenvalue weighted by atomic mass is 9.76. The number of allylic oxidation sites excluding steroid dienone is 2. The smallest absolute Gasteiger partial charge is 0.255 e. The molecule has 3 atom stereocenters. The lowest BCUT2D eigenvalue weighted by Gasteiger charge is -2.38. The first-order valence-electron chi connectivity index (χ1n) is 11.3. The first-order chi connectivity index (χ1) is 15.7. The first-order valence-corrected chi connectivity index (χ1v) is 11.3. The number of carbonyl (C=O) groups is 1. The number of aryl methyl sites for hydroxylation is 1.